The molecule has 0 saturated carbocycles. The Balaban J connectivity index is 1.28. The second-order valence-electron chi connectivity index (χ2n) is 13.6. The van der Waals surface area contributed by atoms with Crippen LogP contribution >= 0.6 is 0 Å². The van der Waals surface area contributed by atoms with Crippen molar-refractivity contribution < 1.29 is 9.47 Å². The van der Waals surface area contributed by atoms with Crippen molar-refractivity contribution in [1.82, 2.24) is 24.5 Å². The van der Waals surface area contributed by atoms with E-state index in [2.05, 4.69) is 77.2 Å². The summed E-state index contributed by atoms with van der Waals surface area (Å²) >= 11 is 0. The summed E-state index contributed by atoms with van der Waals surface area (Å²) in [5.74, 6) is 2.91. The van der Waals surface area contributed by atoms with E-state index in [0.29, 0.717) is 13.3 Å². The van der Waals surface area contributed by atoms with Crippen LogP contribution in [0.15, 0.2) is 36.8 Å². The van der Waals surface area contributed by atoms with Crippen molar-refractivity contribution in [3.8, 4) is 16.9 Å². The first kappa shape index (κ1) is 27.8. The Labute approximate surface area is 244 Å². The molecule has 9 heteroatoms. The Bertz CT molecular complexity index is 1570. The van der Waals surface area contributed by atoms with E-state index in [4.69, 9.17) is 19.4 Å². The fourth-order valence-electron chi connectivity index (χ4n) is 5.86. The van der Waals surface area contributed by atoms with Gasteiger partial charge >= 0.3 is 0 Å². The summed E-state index contributed by atoms with van der Waals surface area (Å²) < 4.78 is 14.4. The maximum atomic E-state index is 6.22. The lowest BCUT2D eigenvalue weighted by molar-refractivity contribution is 0.0885. The number of anilines is 1. The Hall–Kier alpha value is -3.30. The number of fused-ring (bicyclic) bond motifs is 3. The Morgan fingerprint density at radius 2 is 1.93 bits per heavy atom. The Morgan fingerprint density at radius 1 is 1.07 bits per heavy atom. The largest absolute Gasteiger partial charge is 0.491 e. The summed E-state index contributed by atoms with van der Waals surface area (Å²) in [5.41, 5.74) is 7.83. The molecule has 41 heavy (non-hydrogen) atoms. The molecular weight excluding hydrogens is 528 g/mol. The highest BCUT2D eigenvalue weighted by atomic mass is 28.3. The van der Waals surface area contributed by atoms with Gasteiger partial charge in [-0.1, -0.05) is 39.6 Å². The monoisotopic (exact) mass is 570 g/mol. The number of ether oxygens (including phenoxy) is 2. The van der Waals surface area contributed by atoms with Gasteiger partial charge in [-0.05, 0) is 61.4 Å². The minimum atomic E-state index is -1.14. The zero-order valence-corrected chi connectivity index (χ0v) is 26.3. The van der Waals surface area contributed by atoms with Crippen LogP contribution < -0.4 is 9.64 Å². The van der Waals surface area contributed by atoms with Crippen LogP contribution in [-0.2, 0) is 30.9 Å². The number of aromatic nitrogens is 5. The highest BCUT2D eigenvalue weighted by molar-refractivity contribution is 6.76. The quantitative estimate of drug-likeness (QED) is 0.187. The van der Waals surface area contributed by atoms with E-state index in [9.17, 15) is 0 Å². The molecule has 1 aliphatic heterocycles. The predicted molar refractivity (Wildman–Crippen MR) is 166 cm³/mol. The van der Waals surface area contributed by atoms with E-state index in [1.54, 1.807) is 6.33 Å². The third-order valence-corrected chi connectivity index (χ3v) is 10.1. The first-order valence-electron chi connectivity index (χ1n) is 14.8. The molecule has 1 aromatic carbocycles. The molecule has 0 spiro atoms. The van der Waals surface area contributed by atoms with Crippen molar-refractivity contribution in [2.45, 2.75) is 79.0 Å². The summed E-state index contributed by atoms with van der Waals surface area (Å²) in [6.07, 6.45) is 6.83. The van der Waals surface area contributed by atoms with Gasteiger partial charge in [0, 0.05) is 49.8 Å². The minimum absolute atomic E-state index is 0.260. The molecule has 8 nitrogen and oxygen atoms in total. The molecule has 0 amide bonds. The van der Waals surface area contributed by atoms with Crippen LogP contribution in [0.1, 0.15) is 42.9 Å². The number of hydrogen-bond donors (Lipinski definition) is 0. The molecule has 0 fully saturated rings. The number of aryl methyl sites for hydroxylation is 2. The maximum Gasteiger partial charge on any atom is 0.177 e. The van der Waals surface area contributed by atoms with Crippen LogP contribution in [0.2, 0.25) is 25.7 Å². The van der Waals surface area contributed by atoms with E-state index >= 15 is 0 Å². The number of benzene rings is 1. The Kier molecular flexibility index (Phi) is 7.36. The molecule has 4 aromatic rings. The molecule has 0 atom stereocenters. The van der Waals surface area contributed by atoms with E-state index in [1.165, 1.54) is 11.3 Å². The zero-order valence-electron chi connectivity index (χ0n) is 25.3. The predicted octanol–water partition coefficient (Wildman–Crippen LogP) is 6.42. The third-order valence-electron chi connectivity index (χ3n) is 8.39. The van der Waals surface area contributed by atoms with E-state index in [-0.39, 0.29) is 5.41 Å². The van der Waals surface area contributed by atoms with Gasteiger partial charge in [0.1, 0.15) is 37.1 Å². The SMILES string of the molecule is Cc1nc2ncc(-c3ccc4c(c3)CN(c3ncnc5c3CC(C)(C)CC5)CCO4)cc2n1COCC[Si](C)(C)C. The lowest BCUT2D eigenvalue weighted by Gasteiger charge is -2.33. The van der Waals surface area contributed by atoms with Crippen LogP contribution in [0.3, 0.4) is 0 Å². The third kappa shape index (κ3) is 6.02. The first-order valence-corrected chi connectivity index (χ1v) is 18.5. The summed E-state index contributed by atoms with van der Waals surface area (Å²) in [5, 5.41) is 0. The molecule has 3 aromatic heterocycles. The van der Waals surface area contributed by atoms with Gasteiger partial charge in [-0.25, -0.2) is 19.9 Å². The van der Waals surface area contributed by atoms with Crippen LogP contribution in [-0.4, -0.2) is 52.3 Å². The summed E-state index contributed by atoms with van der Waals surface area (Å²) in [7, 11) is -1.14. The van der Waals surface area contributed by atoms with Gasteiger partial charge in [-0.15, -0.1) is 0 Å². The average molecular weight is 571 g/mol. The van der Waals surface area contributed by atoms with Crippen molar-refractivity contribution in [1.29, 1.82) is 0 Å². The summed E-state index contributed by atoms with van der Waals surface area (Å²) in [6.45, 7) is 17.2. The molecule has 216 valence electrons. The van der Waals surface area contributed by atoms with E-state index in [1.807, 2.05) is 13.1 Å². The van der Waals surface area contributed by atoms with Crippen LogP contribution in [0.4, 0.5) is 5.82 Å². The van der Waals surface area contributed by atoms with Crippen molar-refractivity contribution in [2.24, 2.45) is 5.41 Å². The zero-order chi connectivity index (χ0) is 28.8. The van der Waals surface area contributed by atoms with E-state index < -0.39 is 8.07 Å². The molecule has 0 radical (unpaired) electrons. The fourth-order valence-corrected chi connectivity index (χ4v) is 6.62. The van der Waals surface area contributed by atoms with Crippen LogP contribution in [0.5, 0.6) is 5.75 Å². The highest BCUT2D eigenvalue weighted by Crippen LogP contribution is 2.39. The van der Waals surface area contributed by atoms with Gasteiger partial charge in [-0.3, -0.25) is 0 Å². The van der Waals surface area contributed by atoms with Crippen molar-refractivity contribution in [3.63, 3.8) is 0 Å². The van der Waals surface area contributed by atoms with Gasteiger partial charge in [0.25, 0.3) is 0 Å². The highest BCUT2D eigenvalue weighted by Gasteiger charge is 2.30. The smallest absolute Gasteiger partial charge is 0.177 e. The van der Waals surface area contributed by atoms with Gasteiger partial charge in [0.15, 0.2) is 5.65 Å². The fraction of sp³-hybridized carbons (Fsp3) is 0.500. The number of rotatable bonds is 7. The molecule has 1 aliphatic carbocycles. The first-order chi connectivity index (χ1) is 19.6. The van der Waals surface area contributed by atoms with Crippen molar-refractivity contribution in [2.75, 3.05) is 24.7 Å². The lowest BCUT2D eigenvalue weighted by Crippen LogP contribution is -2.31. The standard InChI is InChI=1S/C32H42N6O2Si/c1-22-36-30-28(38(22)21-39-13-14-41(4,5)6)16-24(18-33-30)23-7-8-29-25(15-23)19-37(11-12-40-29)31-26-17-32(2,3)10-9-27(26)34-20-35-31/h7-8,15-16,18,20H,9-14,17,19,21H2,1-6H3. The minimum Gasteiger partial charge on any atom is -0.491 e. The number of imidazole rings is 1. The maximum absolute atomic E-state index is 6.22. The topological polar surface area (TPSA) is 78.2 Å². The second-order valence-corrected chi connectivity index (χ2v) is 19.2. The lowest BCUT2D eigenvalue weighted by atomic mass is 9.76. The van der Waals surface area contributed by atoms with Gasteiger partial charge in [0.2, 0.25) is 0 Å². The number of pyridine rings is 1. The van der Waals surface area contributed by atoms with Crippen LogP contribution in [0, 0.1) is 12.3 Å². The van der Waals surface area contributed by atoms with Crippen LogP contribution in [0.25, 0.3) is 22.3 Å². The average Bonchev–Trinajstić information content (AvgIpc) is 3.08. The molecule has 6 rings (SSSR count). The van der Waals surface area contributed by atoms with Crippen molar-refractivity contribution in [3.05, 3.63) is 59.4 Å². The molecule has 2 aliphatic rings. The molecular formula is C32H42N6O2Si. The van der Waals surface area contributed by atoms with Gasteiger partial charge in [-0.2, -0.15) is 0 Å². The second kappa shape index (κ2) is 10.8. The molecule has 0 unspecified atom stereocenters. The normalized spacial score (nSPS) is 16.7. The molecule has 4 heterocycles. The molecule has 0 bridgehead atoms. The van der Waals surface area contributed by atoms with Crippen molar-refractivity contribution >= 4 is 25.1 Å². The van der Waals surface area contributed by atoms with E-state index in [0.717, 1.165) is 90.2 Å². The molecule has 0 saturated heterocycles. The number of hydrogen-bond acceptors (Lipinski definition) is 7. The van der Waals surface area contributed by atoms with Gasteiger partial charge < -0.3 is 18.9 Å². The summed E-state index contributed by atoms with van der Waals surface area (Å²) in [6, 6.07) is 9.80. The van der Waals surface area contributed by atoms with Gasteiger partial charge in [0.05, 0.1) is 12.1 Å². The molecule has 0 N–H and O–H groups in total. The Morgan fingerprint density at radius 3 is 2.76 bits per heavy atom. The summed E-state index contributed by atoms with van der Waals surface area (Å²) in [4.78, 5) is 21.2. The number of nitrogens with zero attached hydrogens (tertiary/aromatic N) is 6.